The highest BCUT2D eigenvalue weighted by molar-refractivity contribution is 5.92. The molecule has 1 amide bonds. The number of amides is 1. The molecule has 0 aliphatic carbocycles. The molecule has 2 N–H and O–H groups in total. The number of pyridine rings is 1. The number of hydrogen-bond donors (Lipinski definition) is 2. The molecule has 0 atom stereocenters. The number of likely N-dealkylation sites (N-methyl/N-ethyl adjacent to an activating group) is 1. The number of hydrogen-bond acceptors (Lipinski definition) is 4. The third kappa shape index (κ3) is 3.20. The summed E-state index contributed by atoms with van der Waals surface area (Å²) in [5.41, 5.74) is 1.26. The number of aliphatic hydroxyl groups excluding tert-OH is 1. The third-order valence-electron chi connectivity index (χ3n) is 2.14. The molecule has 0 aliphatic rings. The first-order chi connectivity index (χ1) is 7.69. The number of nitrogens with one attached hydrogen (secondary N) is 1. The van der Waals surface area contributed by atoms with Gasteiger partial charge in [-0.05, 0) is 19.1 Å². The monoisotopic (exact) mass is 223 g/mol. The van der Waals surface area contributed by atoms with Gasteiger partial charge in [-0.1, -0.05) is 0 Å². The number of nitrogens with zero attached hydrogens (tertiary/aromatic N) is 2. The van der Waals surface area contributed by atoms with Gasteiger partial charge in [-0.15, -0.1) is 0 Å². The molecule has 0 spiro atoms. The normalized spacial score (nSPS) is 9.94. The molecule has 0 radical (unpaired) electrons. The Morgan fingerprint density at radius 3 is 3.00 bits per heavy atom. The molecule has 0 fully saturated rings. The molecule has 16 heavy (non-hydrogen) atoms. The van der Waals surface area contributed by atoms with Crippen LogP contribution in [0.2, 0.25) is 0 Å². The average molecular weight is 223 g/mol. The number of rotatable bonds is 5. The van der Waals surface area contributed by atoms with Crippen molar-refractivity contribution in [3.63, 3.8) is 0 Å². The maximum atomic E-state index is 11.8. The van der Waals surface area contributed by atoms with Crippen LogP contribution in [0.1, 0.15) is 17.4 Å². The molecule has 5 nitrogen and oxygen atoms in total. The largest absolute Gasteiger partial charge is 0.395 e. The molecule has 1 heterocycles. The molecule has 5 heteroatoms. The van der Waals surface area contributed by atoms with Crippen molar-refractivity contribution in [2.75, 3.05) is 32.1 Å². The first-order valence-electron chi connectivity index (χ1n) is 5.25. The zero-order valence-corrected chi connectivity index (χ0v) is 9.60. The molecule has 0 unspecified atom stereocenters. The Labute approximate surface area is 95.1 Å². The highest BCUT2D eigenvalue weighted by Crippen LogP contribution is 2.09. The number of aliphatic hydroxyl groups is 1. The number of carbonyl (C=O) groups excluding carboxylic acids is 1. The van der Waals surface area contributed by atoms with Gasteiger partial charge in [0.25, 0.3) is 5.91 Å². The number of carbonyl (C=O) groups is 1. The van der Waals surface area contributed by atoms with Crippen LogP contribution in [0.3, 0.4) is 0 Å². The van der Waals surface area contributed by atoms with Crippen molar-refractivity contribution in [1.82, 2.24) is 9.88 Å². The zero-order chi connectivity index (χ0) is 12.0. The lowest BCUT2D eigenvalue weighted by Gasteiger charge is -2.15. The van der Waals surface area contributed by atoms with E-state index >= 15 is 0 Å². The van der Waals surface area contributed by atoms with Crippen LogP contribution in [0.5, 0.6) is 0 Å². The summed E-state index contributed by atoms with van der Waals surface area (Å²) in [6.45, 7) is 3.05. The van der Waals surface area contributed by atoms with E-state index in [1.54, 1.807) is 19.3 Å². The van der Waals surface area contributed by atoms with Crippen molar-refractivity contribution in [3.8, 4) is 0 Å². The van der Waals surface area contributed by atoms with E-state index in [1.807, 2.05) is 13.0 Å². The van der Waals surface area contributed by atoms with E-state index in [0.29, 0.717) is 12.2 Å². The van der Waals surface area contributed by atoms with Crippen LogP contribution in [0.25, 0.3) is 0 Å². The molecule has 0 saturated heterocycles. The molecule has 0 aromatic carbocycles. The van der Waals surface area contributed by atoms with Crippen molar-refractivity contribution in [2.24, 2.45) is 0 Å². The van der Waals surface area contributed by atoms with Crippen molar-refractivity contribution in [2.45, 2.75) is 6.92 Å². The highest BCUT2D eigenvalue weighted by atomic mass is 16.3. The molecule has 88 valence electrons. The summed E-state index contributed by atoms with van der Waals surface area (Å²) in [6, 6.07) is 3.52. The van der Waals surface area contributed by atoms with Crippen LogP contribution >= 0.6 is 0 Å². The van der Waals surface area contributed by atoms with E-state index < -0.39 is 0 Å². The van der Waals surface area contributed by atoms with Crippen LogP contribution in [0.15, 0.2) is 18.3 Å². The first-order valence-corrected chi connectivity index (χ1v) is 5.25. The van der Waals surface area contributed by atoms with Crippen LogP contribution in [0.4, 0.5) is 5.69 Å². The van der Waals surface area contributed by atoms with Crippen molar-refractivity contribution in [1.29, 1.82) is 0 Å². The summed E-state index contributed by atoms with van der Waals surface area (Å²) in [6.07, 6.45) is 1.60. The molecular formula is C11H17N3O2. The van der Waals surface area contributed by atoms with E-state index in [1.165, 1.54) is 4.90 Å². The Morgan fingerprint density at radius 2 is 2.38 bits per heavy atom. The number of aromatic nitrogens is 1. The molecular weight excluding hydrogens is 206 g/mol. The van der Waals surface area contributed by atoms with Crippen LogP contribution < -0.4 is 5.32 Å². The Kier molecular flexibility index (Phi) is 4.72. The predicted molar refractivity (Wildman–Crippen MR) is 62.4 cm³/mol. The smallest absolute Gasteiger partial charge is 0.272 e. The van der Waals surface area contributed by atoms with E-state index in [4.69, 9.17) is 5.11 Å². The second-order valence-corrected chi connectivity index (χ2v) is 3.41. The molecule has 1 aromatic rings. The fourth-order valence-electron chi connectivity index (χ4n) is 1.31. The quantitative estimate of drug-likeness (QED) is 0.766. The van der Waals surface area contributed by atoms with Gasteiger partial charge in [0.1, 0.15) is 5.69 Å². The fourth-order valence-corrected chi connectivity index (χ4v) is 1.31. The Balaban J connectivity index is 2.78. The van der Waals surface area contributed by atoms with Crippen molar-refractivity contribution < 1.29 is 9.90 Å². The predicted octanol–water partition coefficient (Wildman–Crippen LogP) is 0.578. The standard InChI is InChI=1S/C11H17N3O2/c1-3-12-9-4-5-13-10(8-9)11(16)14(2)6-7-15/h4-5,8,15H,3,6-7H2,1-2H3,(H,12,13). The van der Waals surface area contributed by atoms with E-state index in [-0.39, 0.29) is 12.5 Å². The minimum absolute atomic E-state index is 0.0465. The fraction of sp³-hybridized carbons (Fsp3) is 0.455. The maximum absolute atomic E-state index is 11.8. The van der Waals surface area contributed by atoms with Gasteiger partial charge < -0.3 is 15.3 Å². The third-order valence-corrected chi connectivity index (χ3v) is 2.14. The lowest BCUT2D eigenvalue weighted by Crippen LogP contribution is -2.30. The van der Waals surface area contributed by atoms with Gasteiger partial charge >= 0.3 is 0 Å². The Morgan fingerprint density at radius 1 is 1.62 bits per heavy atom. The van der Waals surface area contributed by atoms with Gasteiger partial charge in [0, 0.05) is 32.0 Å². The molecule has 1 aromatic heterocycles. The van der Waals surface area contributed by atoms with Gasteiger partial charge in [-0.3, -0.25) is 9.78 Å². The summed E-state index contributed by atoms with van der Waals surface area (Å²) < 4.78 is 0. The average Bonchev–Trinajstić information content (AvgIpc) is 2.29. The van der Waals surface area contributed by atoms with E-state index in [9.17, 15) is 4.79 Å². The van der Waals surface area contributed by atoms with Gasteiger partial charge in [0.15, 0.2) is 0 Å². The summed E-state index contributed by atoms with van der Waals surface area (Å²) in [4.78, 5) is 17.3. The van der Waals surface area contributed by atoms with Gasteiger partial charge in [-0.2, -0.15) is 0 Å². The topological polar surface area (TPSA) is 65.5 Å². The van der Waals surface area contributed by atoms with Crippen molar-refractivity contribution in [3.05, 3.63) is 24.0 Å². The van der Waals surface area contributed by atoms with Crippen LogP contribution in [0, 0.1) is 0 Å². The van der Waals surface area contributed by atoms with Crippen molar-refractivity contribution >= 4 is 11.6 Å². The van der Waals surface area contributed by atoms with Crippen LogP contribution in [-0.2, 0) is 0 Å². The second-order valence-electron chi connectivity index (χ2n) is 3.41. The summed E-state index contributed by atoms with van der Waals surface area (Å²) >= 11 is 0. The summed E-state index contributed by atoms with van der Waals surface area (Å²) in [5, 5.41) is 11.9. The second kappa shape index (κ2) is 6.07. The summed E-state index contributed by atoms with van der Waals surface area (Å²) in [7, 11) is 1.64. The van der Waals surface area contributed by atoms with Gasteiger partial charge in [0.05, 0.1) is 6.61 Å². The zero-order valence-electron chi connectivity index (χ0n) is 9.60. The van der Waals surface area contributed by atoms with Crippen LogP contribution in [-0.4, -0.2) is 47.6 Å². The lowest BCUT2D eigenvalue weighted by molar-refractivity contribution is 0.0761. The van der Waals surface area contributed by atoms with Gasteiger partial charge in [-0.25, -0.2) is 0 Å². The number of anilines is 1. The maximum Gasteiger partial charge on any atom is 0.272 e. The minimum Gasteiger partial charge on any atom is -0.395 e. The van der Waals surface area contributed by atoms with Gasteiger partial charge in [0.2, 0.25) is 0 Å². The van der Waals surface area contributed by atoms with E-state index in [0.717, 1.165) is 12.2 Å². The Hall–Kier alpha value is -1.62. The van der Waals surface area contributed by atoms with E-state index in [2.05, 4.69) is 10.3 Å². The highest BCUT2D eigenvalue weighted by Gasteiger charge is 2.12. The lowest BCUT2D eigenvalue weighted by atomic mass is 10.3. The molecule has 0 saturated carbocycles. The summed E-state index contributed by atoms with van der Waals surface area (Å²) in [5.74, 6) is -0.186. The molecule has 0 bridgehead atoms. The first kappa shape index (κ1) is 12.4. The molecule has 1 rings (SSSR count). The minimum atomic E-state index is -0.186. The Bertz CT molecular complexity index is 355. The SMILES string of the molecule is CCNc1ccnc(C(=O)N(C)CCO)c1. The molecule has 0 aliphatic heterocycles.